The number of benzene rings is 1. The number of carbonyl (C=O) groups excluding carboxylic acids is 1. The molecule has 19 heavy (non-hydrogen) atoms. The third-order valence-corrected chi connectivity index (χ3v) is 3.25. The number of carbonyl (C=O) groups is 1. The Hall–Kier alpha value is -2.32. The molecule has 2 aromatic rings. The molecule has 0 bridgehead atoms. The molecule has 1 heterocycles. The highest BCUT2D eigenvalue weighted by atomic mass is 32.2. The van der Waals surface area contributed by atoms with Crippen LogP contribution in [0.5, 0.6) is 0 Å². The van der Waals surface area contributed by atoms with Gasteiger partial charge in [-0.05, 0) is 24.3 Å². The minimum atomic E-state index is -0.154. The second kappa shape index (κ2) is 6.57. The molecule has 0 fully saturated rings. The summed E-state index contributed by atoms with van der Waals surface area (Å²) in [5, 5.41) is 12.4. The van der Waals surface area contributed by atoms with Crippen LogP contribution in [0.3, 0.4) is 0 Å². The zero-order valence-corrected chi connectivity index (χ0v) is 10.9. The van der Waals surface area contributed by atoms with Crippen LogP contribution in [0.1, 0.15) is 5.56 Å². The molecule has 0 spiro atoms. The Morgan fingerprint density at radius 3 is 2.79 bits per heavy atom. The third kappa shape index (κ3) is 3.83. The van der Waals surface area contributed by atoms with Crippen LogP contribution in [0.15, 0.2) is 53.7 Å². The van der Waals surface area contributed by atoms with Gasteiger partial charge in [0, 0.05) is 6.20 Å². The fraction of sp³-hybridized carbons (Fsp3) is 0.0714. The van der Waals surface area contributed by atoms with Gasteiger partial charge in [0.25, 0.3) is 0 Å². The Morgan fingerprint density at radius 1 is 1.26 bits per heavy atom. The average molecular weight is 269 g/mol. The Labute approximate surface area is 115 Å². The molecule has 0 atom stereocenters. The van der Waals surface area contributed by atoms with Crippen LogP contribution in [-0.4, -0.2) is 16.6 Å². The highest BCUT2D eigenvalue weighted by molar-refractivity contribution is 7.99. The number of aromatic nitrogens is 1. The lowest BCUT2D eigenvalue weighted by Crippen LogP contribution is -2.14. The summed E-state index contributed by atoms with van der Waals surface area (Å²) in [6.07, 6.45) is 1.69. The van der Waals surface area contributed by atoms with Crippen molar-refractivity contribution in [2.45, 2.75) is 5.03 Å². The molecule has 1 aromatic heterocycles. The summed E-state index contributed by atoms with van der Waals surface area (Å²) in [7, 11) is 0. The topological polar surface area (TPSA) is 65.8 Å². The zero-order chi connectivity index (χ0) is 13.5. The molecule has 1 amide bonds. The van der Waals surface area contributed by atoms with Crippen molar-refractivity contribution in [2.75, 3.05) is 11.1 Å². The number of hydrogen-bond donors (Lipinski definition) is 1. The number of nitrogens with zero attached hydrogens (tertiary/aromatic N) is 2. The van der Waals surface area contributed by atoms with Gasteiger partial charge in [-0.15, -0.1) is 0 Å². The monoisotopic (exact) mass is 269 g/mol. The Kier molecular flexibility index (Phi) is 4.54. The lowest BCUT2D eigenvalue weighted by Gasteiger charge is -2.06. The summed E-state index contributed by atoms with van der Waals surface area (Å²) < 4.78 is 0. The van der Waals surface area contributed by atoms with Gasteiger partial charge in [0.1, 0.15) is 6.07 Å². The fourth-order valence-electron chi connectivity index (χ4n) is 1.45. The van der Waals surface area contributed by atoms with Crippen molar-refractivity contribution in [3.63, 3.8) is 0 Å². The van der Waals surface area contributed by atoms with Crippen molar-refractivity contribution >= 4 is 23.4 Å². The van der Waals surface area contributed by atoms with E-state index >= 15 is 0 Å². The molecule has 4 nitrogen and oxygen atoms in total. The number of rotatable bonds is 4. The highest BCUT2D eigenvalue weighted by Crippen LogP contribution is 2.16. The molecule has 0 aliphatic heterocycles. The van der Waals surface area contributed by atoms with Crippen molar-refractivity contribution in [1.82, 2.24) is 4.98 Å². The molecule has 94 valence electrons. The predicted octanol–water partition coefficient (Wildman–Crippen LogP) is 2.68. The average Bonchev–Trinajstić information content (AvgIpc) is 2.47. The zero-order valence-electron chi connectivity index (χ0n) is 10.0. The first kappa shape index (κ1) is 13.1. The Morgan fingerprint density at radius 2 is 2.05 bits per heavy atom. The van der Waals surface area contributed by atoms with Gasteiger partial charge in [0.05, 0.1) is 22.0 Å². The second-order valence-corrected chi connectivity index (χ2v) is 4.66. The number of nitriles is 1. The van der Waals surface area contributed by atoms with Crippen LogP contribution in [0.2, 0.25) is 0 Å². The van der Waals surface area contributed by atoms with E-state index in [-0.39, 0.29) is 11.7 Å². The summed E-state index contributed by atoms with van der Waals surface area (Å²) in [6, 6.07) is 14.5. The van der Waals surface area contributed by atoms with Crippen molar-refractivity contribution in [3.8, 4) is 6.07 Å². The van der Waals surface area contributed by atoms with Crippen LogP contribution >= 0.6 is 11.8 Å². The molecule has 0 saturated carbocycles. The molecule has 0 radical (unpaired) electrons. The van der Waals surface area contributed by atoms with Crippen molar-refractivity contribution < 1.29 is 4.79 Å². The van der Waals surface area contributed by atoms with E-state index in [0.717, 1.165) is 5.03 Å². The van der Waals surface area contributed by atoms with Gasteiger partial charge in [-0.3, -0.25) is 4.79 Å². The standard InChI is InChI=1S/C14H11N3OS/c15-9-11-5-1-2-6-12(11)17-13(18)10-19-14-7-3-4-8-16-14/h1-8H,10H2,(H,17,18). The molecule has 0 aliphatic rings. The van der Waals surface area contributed by atoms with Gasteiger partial charge in [-0.1, -0.05) is 30.0 Å². The summed E-state index contributed by atoms with van der Waals surface area (Å²) in [6.45, 7) is 0. The van der Waals surface area contributed by atoms with Gasteiger partial charge in [-0.2, -0.15) is 5.26 Å². The molecular weight excluding hydrogens is 258 g/mol. The van der Waals surface area contributed by atoms with Gasteiger partial charge >= 0.3 is 0 Å². The normalized spacial score (nSPS) is 9.63. The SMILES string of the molecule is N#Cc1ccccc1NC(=O)CSc1ccccn1. The predicted molar refractivity (Wildman–Crippen MR) is 74.7 cm³/mol. The highest BCUT2D eigenvalue weighted by Gasteiger charge is 2.07. The number of hydrogen-bond acceptors (Lipinski definition) is 4. The van der Waals surface area contributed by atoms with E-state index in [9.17, 15) is 4.79 Å². The van der Waals surface area contributed by atoms with Gasteiger partial charge in [0.15, 0.2) is 0 Å². The minimum absolute atomic E-state index is 0.154. The van der Waals surface area contributed by atoms with E-state index in [4.69, 9.17) is 5.26 Å². The minimum Gasteiger partial charge on any atom is -0.324 e. The number of anilines is 1. The number of thioether (sulfide) groups is 1. The fourth-order valence-corrected chi connectivity index (χ4v) is 2.11. The van der Waals surface area contributed by atoms with E-state index in [0.29, 0.717) is 11.3 Å². The van der Waals surface area contributed by atoms with Crippen LogP contribution in [0.4, 0.5) is 5.69 Å². The Balaban J connectivity index is 1.93. The van der Waals surface area contributed by atoms with Crippen molar-refractivity contribution in [2.24, 2.45) is 0 Å². The van der Waals surface area contributed by atoms with E-state index in [1.165, 1.54) is 11.8 Å². The maximum Gasteiger partial charge on any atom is 0.234 e. The summed E-state index contributed by atoms with van der Waals surface area (Å²) in [5.74, 6) is 0.106. The van der Waals surface area contributed by atoms with E-state index in [2.05, 4.69) is 10.3 Å². The summed E-state index contributed by atoms with van der Waals surface area (Å²) >= 11 is 1.36. The second-order valence-electron chi connectivity index (χ2n) is 3.66. The number of pyridine rings is 1. The first-order chi connectivity index (χ1) is 9.29. The third-order valence-electron chi connectivity index (χ3n) is 2.31. The maximum atomic E-state index is 11.8. The molecular formula is C14H11N3OS. The van der Waals surface area contributed by atoms with Crippen LogP contribution in [0.25, 0.3) is 0 Å². The smallest absolute Gasteiger partial charge is 0.234 e. The lowest BCUT2D eigenvalue weighted by molar-refractivity contribution is -0.113. The maximum absolute atomic E-state index is 11.8. The molecule has 2 rings (SSSR count). The lowest BCUT2D eigenvalue weighted by atomic mass is 10.2. The summed E-state index contributed by atoms with van der Waals surface area (Å²) in [5.41, 5.74) is 0.996. The first-order valence-corrected chi connectivity index (χ1v) is 6.61. The molecule has 0 saturated heterocycles. The van der Waals surface area contributed by atoms with Gasteiger partial charge in [0.2, 0.25) is 5.91 Å². The molecule has 0 aliphatic carbocycles. The van der Waals surface area contributed by atoms with Gasteiger partial charge in [-0.25, -0.2) is 4.98 Å². The summed E-state index contributed by atoms with van der Waals surface area (Å²) in [4.78, 5) is 15.9. The molecule has 0 unspecified atom stereocenters. The van der Waals surface area contributed by atoms with Crippen molar-refractivity contribution in [3.05, 3.63) is 54.2 Å². The van der Waals surface area contributed by atoms with Crippen LogP contribution < -0.4 is 5.32 Å². The van der Waals surface area contributed by atoms with Gasteiger partial charge < -0.3 is 5.32 Å². The van der Waals surface area contributed by atoms with E-state index in [1.54, 1.807) is 30.5 Å². The molecule has 5 heteroatoms. The number of amides is 1. The number of para-hydroxylation sites is 1. The van der Waals surface area contributed by atoms with Crippen LogP contribution in [0, 0.1) is 11.3 Å². The van der Waals surface area contributed by atoms with E-state index < -0.39 is 0 Å². The first-order valence-electron chi connectivity index (χ1n) is 5.62. The largest absolute Gasteiger partial charge is 0.324 e. The molecule has 1 N–H and O–H groups in total. The van der Waals surface area contributed by atoms with Crippen molar-refractivity contribution in [1.29, 1.82) is 5.26 Å². The quantitative estimate of drug-likeness (QED) is 0.867. The Bertz CT molecular complexity index is 608. The molecule has 1 aromatic carbocycles. The number of nitrogens with one attached hydrogen (secondary N) is 1. The van der Waals surface area contributed by atoms with Crippen LogP contribution in [-0.2, 0) is 4.79 Å². The van der Waals surface area contributed by atoms with E-state index in [1.807, 2.05) is 24.3 Å².